The number of hydrogen-bond donors (Lipinski definition) is 1. The molecule has 4 rings (SSSR count). The summed E-state index contributed by atoms with van der Waals surface area (Å²) in [6, 6.07) is 15.3. The molecule has 2 heterocycles. The molecule has 29 heavy (non-hydrogen) atoms. The molecule has 1 aromatic heterocycles. The minimum Gasteiger partial charge on any atom is -0.493 e. The van der Waals surface area contributed by atoms with Gasteiger partial charge in [-0.2, -0.15) is 0 Å². The topological polar surface area (TPSA) is 57.8 Å². The van der Waals surface area contributed by atoms with E-state index in [2.05, 4.69) is 27.5 Å². The molecule has 0 spiro atoms. The van der Waals surface area contributed by atoms with Gasteiger partial charge in [0.1, 0.15) is 4.88 Å². The summed E-state index contributed by atoms with van der Waals surface area (Å²) in [5, 5.41) is 12.3. The zero-order valence-electron chi connectivity index (χ0n) is 15.2. The van der Waals surface area contributed by atoms with E-state index in [1.807, 2.05) is 47.4 Å². The third-order valence-electron chi connectivity index (χ3n) is 4.54. The number of thiazole rings is 1. The van der Waals surface area contributed by atoms with Crippen LogP contribution in [0.15, 0.2) is 70.7 Å². The van der Waals surface area contributed by atoms with Crippen molar-refractivity contribution in [3.8, 4) is 5.88 Å². The summed E-state index contributed by atoms with van der Waals surface area (Å²) < 4.78 is 2.94. The van der Waals surface area contributed by atoms with E-state index < -0.39 is 0 Å². The number of halogens is 1. The van der Waals surface area contributed by atoms with Gasteiger partial charge in [-0.3, -0.25) is 9.36 Å². The van der Waals surface area contributed by atoms with Gasteiger partial charge in [0.25, 0.3) is 5.91 Å². The van der Waals surface area contributed by atoms with E-state index in [4.69, 9.17) is 12.2 Å². The molecule has 1 N–H and O–H groups in total. The highest BCUT2D eigenvalue weighted by atomic mass is 79.9. The summed E-state index contributed by atoms with van der Waals surface area (Å²) in [6.45, 7) is 4.74. The number of carbonyl (C=O) groups is 1. The van der Waals surface area contributed by atoms with Gasteiger partial charge in [0.05, 0.1) is 17.6 Å². The molecule has 0 unspecified atom stereocenters. The van der Waals surface area contributed by atoms with Crippen molar-refractivity contribution in [3.05, 3.63) is 85.1 Å². The minimum absolute atomic E-state index is 0.0311. The lowest BCUT2D eigenvalue weighted by Gasteiger charge is -2.24. The Labute approximate surface area is 184 Å². The molecule has 0 saturated heterocycles. The first kappa shape index (κ1) is 19.8. The fraction of sp³-hybridized carbons (Fsp3) is 0.0952. The maximum absolute atomic E-state index is 12.6. The minimum atomic E-state index is -0.372. The maximum atomic E-state index is 12.6. The van der Waals surface area contributed by atoms with Crippen LogP contribution in [0.5, 0.6) is 5.88 Å². The number of benzene rings is 2. The van der Waals surface area contributed by atoms with Gasteiger partial charge < -0.3 is 10.0 Å². The van der Waals surface area contributed by atoms with E-state index in [0.717, 1.165) is 10.2 Å². The zero-order chi connectivity index (χ0) is 20.5. The molecular weight excluding hydrogens is 470 g/mol. The number of aromatic nitrogens is 1. The van der Waals surface area contributed by atoms with E-state index in [-0.39, 0.29) is 11.8 Å². The summed E-state index contributed by atoms with van der Waals surface area (Å²) in [5.74, 6) is -0.404. The molecule has 5 nitrogen and oxygen atoms in total. The molecule has 1 amide bonds. The van der Waals surface area contributed by atoms with Crippen molar-refractivity contribution in [1.82, 2.24) is 4.57 Å². The third-order valence-corrected chi connectivity index (χ3v) is 6.49. The molecule has 3 aromatic rings. The molecule has 1 aliphatic heterocycles. The van der Waals surface area contributed by atoms with Crippen LogP contribution in [0.25, 0.3) is 5.57 Å². The molecule has 1 aliphatic rings. The standard InChI is InChI=1S/C21H16BrN3O2S2/c1-2-10-24(14-6-4-3-5-7-14)12-25-20(27)18(29-21(25)28)17-15-11-13(22)8-9-16(15)23-19(17)26/h2-9,11,27H,1,10,12H2. The Bertz CT molecular complexity index is 1300. The quantitative estimate of drug-likeness (QED) is 0.426. The highest BCUT2D eigenvalue weighted by Gasteiger charge is 2.26. The first-order valence-corrected chi connectivity index (χ1v) is 10.8. The second-order valence-electron chi connectivity index (χ2n) is 6.39. The fourth-order valence-corrected chi connectivity index (χ4v) is 4.89. The Hall–Kier alpha value is -2.55. The highest BCUT2D eigenvalue weighted by molar-refractivity contribution is 9.10. The second kappa shape index (κ2) is 8.06. The van der Waals surface area contributed by atoms with Crippen LogP contribution >= 0.6 is 39.5 Å². The zero-order valence-corrected chi connectivity index (χ0v) is 18.4. The number of nitrogens with zero attached hydrogens (tertiary/aromatic N) is 3. The van der Waals surface area contributed by atoms with Gasteiger partial charge in [-0.15, -0.1) is 17.9 Å². The van der Waals surface area contributed by atoms with Crippen LogP contribution in [-0.2, 0) is 11.5 Å². The van der Waals surface area contributed by atoms with Crippen molar-refractivity contribution in [2.24, 2.45) is 4.99 Å². The first-order chi connectivity index (χ1) is 14.0. The number of anilines is 1. The third kappa shape index (κ3) is 3.71. The molecule has 0 bridgehead atoms. The summed E-state index contributed by atoms with van der Waals surface area (Å²) in [7, 11) is 0. The number of rotatable bonds is 6. The molecule has 0 radical (unpaired) electrons. The number of hydrogen-bond acceptors (Lipinski definition) is 5. The van der Waals surface area contributed by atoms with Gasteiger partial charge in [-0.1, -0.05) is 40.2 Å². The van der Waals surface area contributed by atoms with Crippen molar-refractivity contribution < 1.29 is 9.90 Å². The molecule has 2 aromatic carbocycles. The number of fused-ring (bicyclic) bond motifs is 1. The van der Waals surface area contributed by atoms with Crippen molar-refractivity contribution in [1.29, 1.82) is 0 Å². The molecule has 0 fully saturated rings. The predicted molar refractivity (Wildman–Crippen MR) is 121 cm³/mol. The smallest absolute Gasteiger partial charge is 0.279 e. The van der Waals surface area contributed by atoms with Crippen molar-refractivity contribution >= 4 is 56.7 Å². The average molecular weight is 486 g/mol. The first-order valence-electron chi connectivity index (χ1n) is 8.76. The van der Waals surface area contributed by atoms with Crippen LogP contribution < -0.4 is 15.5 Å². The van der Waals surface area contributed by atoms with Gasteiger partial charge in [-0.05, 0) is 42.5 Å². The predicted octanol–water partition coefficient (Wildman–Crippen LogP) is 3.76. The lowest BCUT2D eigenvalue weighted by atomic mass is 10.1. The summed E-state index contributed by atoms with van der Waals surface area (Å²) in [5.41, 5.74) is 1.36. The second-order valence-corrected chi connectivity index (χ2v) is 8.95. The summed E-state index contributed by atoms with van der Waals surface area (Å²) in [6.07, 6.45) is 1.79. The van der Waals surface area contributed by atoms with Crippen LogP contribution in [0.4, 0.5) is 5.69 Å². The molecular formula is C21H16BrN3O2S2. The SMILES string of the molecule is C=CCN(Cn1c(O)c(C2=c3cc(Br)ccc3=NC2=O)sc1=S)c1ccccc1. The van der Waals surface area contributed by atoms with Crippen molar-refractivity contribution in [2.45, 2.75) is 6.67 Å². The lowest BCUT2D eigenvalue weighted by molar-refractivity contribution is -0.112. The van der Waals surface area contributed by atoms with E-state index in [0.29, 0.717) is 38.2 Å². The van der Waals surface area contributed by atoms with Crippen LogP contribution in [0, 0.1) is 3.95 Å². The number of carbonyl (C=O) groups excluding carboxylic acids is 1. The Balaban J connectivity index is 1.81. The fourth-order valence-electron chi connectivity index (χ4n) is 3.20. The Kier molecular flexibility index (Phi) is 5.49. The number of amides is 1. The van der Waals surface area contributed by atoms with E-state index in [1.165, 1.54) is 11.3 Å². The van der Waals surface area contributed by atoms with Crippen LogP contribution in [0.1, 0.15) is 4.88 Å². The highest BCUT2D eigenvalue weighted by Crippen LogP contribution is 2.33. The summed E-state index contributed by atoms with van der Waals surface area (Å²) in [4.78, 5) is 19.1. The van der Waals surface area contributed by atoms with Gasteiger partial charge in [0.15, 0.2) is 3.95 Å². The number of para-hydroxylation sites is 1. The molecule has 8 heteroatoms. The van der Waals surface area contributed by atoms with Crippen molar-refractivity contribution in [3.63, 3.8) is 0 Å². The Morgan fingerprint density at radius 1 is 1.28 bits per heavy atom. The molecule has 0 saturated carbocycles. The number of aromatic hydroxyl groups is 1. The average Bonchev–Trinajstić information content (AvgIpc) is 3.17. The van der Waals surface area contributed by atoms with E-state index >= 15 is 0 Å². The molecule has 0 atom stereocenters. The van der Waals surface area contributed by atoms with Gasteiger partial charge >= 0.3 is 0 Å². The molecule has 146 valence electrons. The van der Waals surface area contributed by atoms with Crippen LogP contribution in [0.2, 0.25) is 0 Å². The maximum Gasteiger partial charge on any atom is 0.279 e. The van der Waals surface area contributed by atoms with Gasteiger partial charge in [0, 0.05) is 21.9 Å². The lowest BCUT2D eigenvalue weighted by Crippen LogP contribution is -2.26. The Morgan fingerprint density at radius 2 is 2.03 bits per heavy atom. The molecule has 0 aliphatic carbocycles. The van der Waals surface area contributed by atoms with Crippen LogP contribution in [-0.4, -0.2) is 22.1 Å². The van der Waals surface area contributed by atoms with E-state index in [9.17, 15) is 9.90 Å². The van der Waals surface area contributed by atoms with Gasteiger partial charge in [-0.25, -0.2) is 4.99 Å². The summed E-state index contributed by atoms with van der Waals surface area (Å²) >= 11 is 10.2. The normalized spacial score (nSPS) is 12.6. The largest absolute Gasteiger partial charge is 0.493 e. The van der Waals surface area contributed by atoms with Crippen molar-refractivity contribution in [2.75, 3.05) is 11.4 Å². The monoisotopic (exact) mass is 485 g/mol. The Morgan fingerprint density at radius 3 is 2.76 bits per heavy atom. The van der Waals surface area contributed by atoms with Gasteiger partial charge in [0.2, 0.25) is 5.88 Å². The van der Waals surface area contributed by atoms with E-state index in [1.54, 1.807) is 16.7 Å². The van der Waals surface area contributed by atoms with Crippen LogP contribution in [0.3, 0.4) is 0 Å².